The number of nitrogens with one attached hydrogen (secondary N) is 2. The number of hydrogen-bond donors (Lipinski definition) is 4. The summed E-state index contributed by atoms with van der Waals surface area (Å²) in [5, 5.41) is 22.5. The Morgan fingerprint density at radius 3 is 2.70 bits per heavy atom. The van der Waals surface area contributed by atoms with Gasteiger partial charge in [0.1, 0.15) is 18.1 Å². The number of anilines is 1. The van der Waals surface area contributed by atoms with E-state index in [0.29, 0.717) is 24.5 Å². The number of aliphatic hydroxyl groups is 1. The van der Waals surface area contributed by atoms with Gasteiger partial charge in [0.05, 0.1) is 7.11 Å². The average molecular weight is 373 g/mol. The van der Waals surface area contributed by atoms with E-state index in [-0.39, 0.29) is 6.04 Å². The van der Waals surface area contributed by atoms with Gasteiger partial charge >= 0.3 is 0 Å². The van der Waals surface area contributed by atoms with Gasteiger partial charge < -0.3 is 19.9 Å². The van der Waals surface area contributed by atoms with Crippen molar-refractivity contribution in [1.82, 2.24) is 10.4 Å². The first kappa shape index (κ1) is 19.0. The van der Waals surface area contributed by atoms with Gasteiger partial charge in [-0.15, -0.1) is 0 Å². The summed E-state index contributed by atoms with van der Waals surface area (Å²) in [7, 11) is 1.60. The Hall–Kier alpha value is -2.81. The summed E-state index contributed by atoms with van der Waals surface area (Å²) in [5.74, 6) is 0.696. The molecule has 0 radical (unpaired) electrons. The van der Waals surface area contributed by atoms with Gasteiger partial charge in [0.25, 0.3) is 5.91 Å². The lowest BCUT2D eigenvalue weighted by Crippen LogP contribution is -2.46. The first-order valence-electron chi connectivity index (χ1n) is 8.56. The molecule has 0 saturated heterocycles. The van der Waals surface area contributed by atoms with E-state index in [1.165, 1.54) is 0 Å². The molecule has 144 valence electrons. The molecule has 1 unspecified atom stereocenters. The van der Waals surface area contributed by atoms with Gasteiger partial charge in [-0.3, -0.25) is 14.9 Å². The quantitative estimate of drug-likeness (QED) is 0.360. The van der Waals surface area contributed by atoms with Gasteiger partial charge in [-0.1, -0.05) is 6.07 Å². The van der Waals surface area contributed by atoms with Crippen LogP contribution in [0.1, 0.15) is 22.8 Å². The van der Waals surface area contributed by atoms with Gasteiger partial charge in [0.15, 0.2) is 6.35 Å². The zero-order chi connectivity index (χ0) is 19.4. The molecule has 0 saturated carbocycles. The molecule has 2 aromatic carbocycles. The first-order chi connectivity index (χ1) is 13.0. The Balaban J connectivity index is 1.76. The highest BCUT2D eigenvalue weighted by atomic mass is 16.5. The molecule has 27 heavy (non-hydrogen) atoms. The number of amides is 1. The van der Waals surface area contributed by atoms with Crippen LogP contribution in [0.3, 0.4) is 0 Å². The number of hydroxylamine groups is 1. The van der Waals surface area contributed by atoms with Gasteiger partial charge in [-0.05, 0) is 43.3 Å². The smallest absolute Gasteiger partial charge is 0.274 e. The number of methoxy groups -OCH3 is 1. The molecule has 1 amide bonds. The van der Waals surface area contributed by atoms with Crippen LogP contribution in [-0.4, -0.2) is 47.2 Å². The lowest BCUT2D eigenvalue weighted by Gasteiger charge is -2.31. The Morgan fingerprint density at radius 2 is 2.04 bits per heavy atom. The molecule has 2 aromatic rings. The summed E-state index contributed by atoms with van der Waals surface area (Å²) < 4.78 is 10.9. The SMILES string of the molecule is COc1ccc(NC(O)N2Cc3ccc(C(=O)NO)cc3OC[C@@H]2C)cc1. The highest BCUT2D eigenvalue weighted by Gasteiger charge is 2.27. The maximum atomic E-state index is 11.6. The molecular formula is C19H23N3O5. The van der Waals surface area contributed by atoms with Crippen molar-refractivity contribution >= 4 is 11.6 Å². The van der Waals surface area contributed by atoms with E-state index in [2.05, 4.69) is 5.32 Å². The van der Waals surface area contributed by atoms with Crippen LogP contribution in [0, 0.1) is 0 Å². The van der Waals surface area contributed by atoms with E-state index in [1.807, 2.05) is 36.1 Å². The monoisotopic (exact) mass is 373 g/mol. The zero-order valence-corrected chi connectivity index (χ0v) is 15.2. The molecule has 8 nitrogen and oxygen atoms in total. The van der Waals surface area contributed by atoms with Crippen molar-refractivity contribution in [3.63, 3.8) is 0 Å². The van der Waals surface area contributed by atoms with Crippen LogP contribution in [0.25, 0.3) is 0 Å². The van der Waals surface area contributed by atoms with Crippen LogP contribution in [0.2, 0.25) is 0 Å². The van der Waals surface area contributed by atoms with Crippen molar-refractivity contribution in [1.29, 1.82) is 0 Å². The second-order valence-electron chi connectivity index (χ2n) is 6.34. The molecule has 3 rings (SSSR count). The molecule has 0 spiro atoms. The summed E-state index contributed by atoms with van der Waals surface area (Å²) in [6, 6.07) is 12.1. The fraction of sp³-hybridized carbons (Fsp3) is 0.316. The third kappa shape index (κ3) is 4.30. The molecule has 1 aliphatic rings. The highest BCUT2D eigenvalue weighted by molar-refractivity contribution is 5.93. The van der Waals surface area contributed by atoms with E-state index in [0.717, 1.165) is 17.0 Å². The fourth-order valence-corrected chi connectivity index (χ4v) is 2.93. The number of aliphatic hydroxyl groups excluding tert-OH is 1. The van der Waals surface area contributed by atoms with Crippen molar-refractivity contribution in [2.45, 2.75) is 25.9 Å². The van der Waals surface area contributed by atoms with Crippen LogP contribution in [-0.2, 0) is 6.54 Å². The summed E-state index contributed by atoms with van der Waals surface area (Å²) in [5.41, 5.74) is 3.51. The van der Waals surface area contributed by atoms with Gasteiger partial charge in [0.2, 0.25) is 0 Å². The summed E-state index contributed by atoms with van der Waals surface area (Å²) in [6.45, 7) is 2.73. The molecule has 8 heteroatoms. The molecule has 1 heterocycles. The second kappa shape index (κ2) is 8.26. The maximum absolute atomic E-state index is 11.6. The Labute approximate surface area is 157 Å². The van der Waals surface area contributed by atoms with Crippen LogP contribution < -0.4 is 20.3 Å². The first-order valence-corrected chi connectivity index (χ1v) is 8.56. The van der Waals surface area contributed by atoms with E-state index >= 15 is 0 Å². The number of ether oxygens (including phenoxy) is 2. The molecule has 4 N–H and O–H groups in total. The van der Waals surface area contributed by atoms with Gasteiger partial charge in [-0.2, -0.15) is 0 Å². The van der Waals surface area contributed by atoms with Crippen molar-refractivity contribution in [3.8, 4) is 11.5 Å². The Kier molecular flexibility index (Phi) is 5.80. The van der Waals surface area contributed by atoms with Crippen LogP contribution in [0.15, 0.2) is 42.5 Å². The van der Waals surface area contributed by atoms with E-state index < -0.39 is 12.3 Å². The number of carbonyl (C=O) groups is 1. The minimum Gasteiger partial charge on any atom is -0.497 e. The number of benzene rings is 2. The standard InChI is InChI=1S/C19H23N3O5/c1-12-11-27-17-9-13(18(23)21-25)3-4-14(17)10-22(12)19(24)20-15-5-7-16(26-2)8-6-15/h3-9,12,19-20,24-25H,10-11H2,1-2H3,(H,21,23)/t12-,19?/m0/s1. The molecule has 2 atom stereocenters. The predicted molar refractivity (Wildman–Crippen MR) is 98.8 cm³/mol. The highest BCUT2D eigenvalue weighted by Crippen LogP contribution is 2.28. The third-order valence-corrected chi connectivity index (χ3v) is 4.53. The summed E-state index contributed by atoms with van der Waals surface area (Å²) in [4.78, 5) is 13.4. The third-order valence-electron chi connectivity index (χ3n) is 4.53. The molecule has 0 aromatic heterocycles. The van der Waals surface area contributed by atoms with Crippen LogP contribution in [0.5, 0.6) is 11.5 Å². The van der Waals surface area contributed by atoms with Crippen molar-refractivity contribution < 1.29 is 24.6 Å². The molecule has 1 aliphatic heterocycles. The lowest BCUT2D eigenvalue weighted by molar-refractivity contribution is -0.0124. The fourth-order valence-electron chi connectivity index (χ4n) is 2.93. The van der Waals surface area contributed by atoms with E-state index in [9.17, 15) is 9.90 Å². The normalized spacial score (nSPS) is 17.9. The summed E-state index contributed by atoms with van der Waals surface area (Å²) >= 11 is 0. The Bertz CT molecular complexity index is 796. The largest absolute Gasteiger partial charge is 0.497 e. The zero-order valence-electron chi connectivity index (χ0n) is 15.2. The lowest BCUT2D eigenvalue weighted by atomic mass is 10.1. The van der Waals surface area contributed by atoms with Gasteiger partial charge in [-0.25, -0.2) is 5.48 Å². The van der Waals surface area contributed by atoms with E-state index in [4.69, 9.17) is 14.7 Å². The van der Waals surface area contributed by atoms with Crippen molar-refractivity contribution in [2.75, 3.05) is 19.0 Å². The topological polar surface area (TPSA) is 103 Å². The number of hydrogen-bond acceptors (Lipinski definition) is 7. The minimum absolute atomic E-state index is 0.0757. The molecule has 0 fully saturated rings. The van der Waals surface area contributed by atoms with Crippen molar-refractivity contribution in [2.24, 2.45) is 0 Å². The second-order valence-corrected chi connectivity index (χ2v) is 6.34. The average Bonchev–Trinajstić information content (AvgIpc) is 2.86. The molecule has 0 bridgehead atoms. The maximum Gasteiger partial charge on any atom is 0.274 e. The number of fused-ring (bicyclic) bond motifs is 1. The minimum atomic E-state index is -0.927. The van der Waals surface area contributed by atoms with E-state index in [1.54, 1.807) is 30.8 Å². The van der Waals surface area contributed by atoms with Gasteiger partial charge in [0, 0.05) is 29.4 Å². The number of carbonyl (C=O) groups excluding carboxylic acids is 1. The molecule has 0 aliphatic carbocycles. The number of rotatable bonds is 5. The number of nitrogens with zero attached hydrogens (tertiary/aromatic N) is 1. The van der Waals surface area contributed by atoms with Crippen LogP contribution >= 0.6 is 0 Å². The van der Waals surface area contributed by atoms with Crippen LogP contribution in [0.4, 0.5) is 5.69 Å². The Morgan fingerprint density at radius 1 is 1.30 bits per heavy atom. The van der Waals surface area contributed by atoms with Crippen molar-refractivity contribution in [3.05, 3.63) is 53.6 Å². The molecular weight excluding hydrogens is 350 g/mol. The summed E-state index contributed by atoms with van der Waals surface area (Å²) in [6.07, 6.45) is -0.927. The predicted octanol–water partition coefficient (Wildman–Crippen LogP) is 1.79.